The van der Waals surface area contributed by atoms with E-state index in [4.69, 9.17) is 4.74 Å². The summed E-state index contributed by atoms with van der Waals surface area (Å²) >= 11 is 6.54. The number of halogens is 2. The lowest BCUT2D eigenvalue weighted by Crippen LogP contribution is -2.13. The number of carbonyl (C=O) groups excluding carboxylic acids is 1. The summed E-state index contributed by atoms with van der Waals surface area (Å²) in [6.45, 7) is 0. The number of nitriles is 1. The van der Waals surface area contributed by atoms with Crippen molar-refractivity contribution < 1.29 is 24.3 Å². The molecule has 0 radical (unpaired) electrons. The van der Waals surface area contributed by atoms with Crippen LogP contribution in [0.15, 0.2) is 69.1 Å². The number of hydrogen-bond acceptors (Lipinski definition) is 9. The molecule has 186 valence electrons. The number of nitro benzene ring substituents is 3. The molecule has 0 atom stereocenters. The van der Waals surface area contributed by atoms with E-state index in [1.54, 1.807) is 6.07 Å². The summed E-state index contributed by atoms with van der Waals surface area (Å²) in [4.78, 5) is 43.6. The fourth-order valence-electron chi connectivity index (χ4n) is 2.93. The van der Waals surface area contributed by atoms with Crippen molar-refractivity contribution in [2.45, 2.75) is 0 Å². The van der Waals surface area contributed by atoms with Crippen molar-refractivity contribution in [3.05, 3.63) is 105 Å². The van der Waals surface area contributed by atoms with Gasteiger partial charge in [-0.2, -0.15) is 5.26 Å². The van der Waals surface area contributed by atoms with Crippen LogP contribution in [0, 0.1) is 41.7 Å². The fraction of sp³-hybridized carbons (Fsp3) is 0. The molecule has 0 heterocycles. The summed E-state index contributed by atoms with van der Waals surface area (Å²) in [7, 11) is 0. The third kappa shape index (κ3) is 6.51. The van der Waals surface area contributed by atoms with Gasteiger partial charge < -0.3 is 10.1 Å². The van der Waals surface area contributed by atoms with E-state index in [2.05, 4.69) is 37.2 Å². The van der Waals surface area contributed by atoms with Crippen LogP contribution < -0.4 is 10.1 Å². The van der Waals surface area contributed by atoms with Crippen molar-refractivity contribution in [1.82, 2.24) is 0 Å². The molecule has 15 heteroatoms. The SMILES string of the molecule is N#C/C(=C\c1cc(Br)c(Oc2ccc([N+](=O)[O-])cc2[N+](=O)[O-])c(Br)c1)C(=O)Nc1cccc([N+](=O)[O-])c1. The quantitative estimate of drug-likeness (QED) is 0.129. The smallest absolute Gasteiger partial charge is 0.318 e. The van der Waals surface area contributed by atoms with Gasteiger partial charge in [-0.15, -0.1) is 0 Å². The monoisotopic (exact) mass is 631 g/mol. The second-order valence-electron chi connectivity index (χ2n) is 7.01. The molecule has 0 bridgehead atoms. The van der Waals surface area contributed by atoms with E-state index >= 15 is 0 Å². The second kappa shape index (κ2) is 11.4. The number of nitrogens with zero attached hydrogens (tertiary/aromatic N) is 4. The largest absolute Gasteiger partial charge is 0.448 e. The molecule has 0 saturated heterocycles. The molecule has 0 spiro atoms. The van der Waals surface area contributed by atoms with E-state index in [1.165, 1.54) is 36.4 Å². The highest BCUT2D eigenvalue weighted by Crippen LogP contribution is 2.41. The molecule has 0 unspecified atom stereocenters. The summed E-state index contributed by atoms with van der Waals surface area (Å²) in [5.74, 6) is -0.972. The first kappa shape index (κ1) is 26.9. The highest BCUT2D eigenvalue weighted by molar-refractivity contribution is 9.11. The summed E-state index contributed by atoms with van der Waals surface area (Å²) in [6, 6.07) is 12.8. The Labute approximate surface area is 223 Å². The van der Waals surface area contributed by atoms with Crippen molar-refractivity contribution in [1.29, 1.82) is 5.26 Å². The summed E-state index contributed by atoms with van der Waals surface area (Å²) in [6.07, 6.45) is 1.25. The maximum Gasteiger partial charge on any atom is 0.318 e. The number of ether oxygens (including phenoxy) is 1. The van der Waals surface area contributed by atoms with Gasteiger partial charge in [0.15, 0.2) is 5.75 Å². The van der Waals surface area contributed by atoms with Gasteiger partial charge in [0.2, 0.25) is 5.75 Å². The first-order valence-corrected chi connectivity index (χ1v) is 11.4. The molecule has 0 aliphatic heterocycles. The molecule has 0 aliphatic carbocycles. The Kier molecular flexibility index (Phi) is 8.27. The third-order valence-corrected chi connectivity index (χ3v) is 5.75. The van der Waals surface area contributed by atoms with E-state index in [1.807, 2.05) is 0 Å². The van der Waals surface area contributed by atoms with Crippen LogP contribution in [-0.2, 0) is 4.79 Å². The van der Waals surface area contributed by atoms with E-state index < -0.39 is 32.1 Å². The van der Waals surface area contributed by atoms with E-state index in [9.17, 15) is 40.4 Å². The highest BCUT2D eigenvalue weighted by Gasteiger charge is 2.23. The second-order valence-corrected chi connectivity index (χ2v) is 8.72. The molecule has 1 amide bonds. The van der Waals surface area contributed by atoms with Gasteiger partial charge in [0.1, 0.15) is 11.6 Å². The Hall–Kier alpha value is -4.68. The Balaban J connectivity index is 1.89. The molecule has 0 aliphatic rings. The number of nitro groups is 3. The highest BCUT2D eigenvalue weighted by atomic mass is 79.9. The molecule has 13 nitrogen and oxygen atoms in total. The van der Waals surface area contributed by atoms with E-state index in [0.717, 1.165) is 24.3 Å². The van der Waals surface area contributed by atoms with Crippen molar-refractivity contribution in [2.75, 3.05) is 5.32 Å². The van der Waals surface area contributed by atoms with Crippen molar-refractivity contribution >= 4 is 66.6 Å². The normalized spacial score (nSPS) is 10.8. The lowest BCUT2D eigenvalue weighted by atomic mass is 10.1. The Morgan fingerprint density at radius 2 is 1.54 bits per heavy atom. The van der Waals surface area contributed by atoms with Crippen molar-refractivity contribution in [3.63, 3.8) is 0 Å². The Morgan fingerprint density at radius 1 is 0.919 bits per heavy atom. The standard InChI is InChI=1S/C22H11Br2N5O8/c23-17-7-12(6-13(11-25)22(30)26-14-2-1-3-15(9-14)27(31)32)8-18(24)21(17)37-20-5-4-16(28(33)34)10-19(20)29(35)36/h1-10H,(H,26,30)/b13-6+. The van der Waals surface area contributed by atoms with E-state index in [0.29, 0.717) is 5.56 Å². The number of carbonyl (C=O) groups is 1. The van der Waals surface area contributed by atoms with Gasteiger partial charge in [-0.3, -0.25) is 35.1 Å². The van der Waals surface area contributed by atoms with Gasteiger partial charge in [0.05, 0.1) is 29.8 Å². The Bertz CT molecular complexity index is 1510. The number of nitrogens with one attached hydrogen (secondary N) is 1. The minimum absolute atomic E-state index is 0.0913. The molecule has 37 heavy (non-hydrogen) atoms. The van der Waals surface area contributed by atoms with Gasteiger partial charge in [-0.25, -0.2) is 0 Å². The molecule has 0 fully saturated rings. The van der Waals surface area contributed by atoms with Crippen LogP contribution in [0.1, 0.15) is 5.56 Å². The average molecular weight is 633 g/mol. The predicted molar refractivity (Wildman–Crippen MR) is 137 cm³/mol. The fourth-order valence-corrected chi connectivity index (χ4v) is 4.31. The molecule has 0 aromatic heterocycles. The Morgan fingerprint density at radius 3 is 2.11 bits per heavy atom. The van der Waals surface area contributed by atoms with Crippen LogP contribution in [0.25, 0.3) is 6.08 Å². The van der Waals surface area contributed by atoms with Gasteiger partial charge in [0, 0.05) is 23.9 Å². The molecule has 3 aromatic carbocycles. The van der Waals surface area contributed by atoms with Crippen LogP contribution in [0.2, 0.25) is 0 Å². The van der Waals surface area contributed by atoms with Crippen molar-refractivity contribution in [3.8, 4) is 17.6 Å². The van der Waals surface area contributed by atoms with Crippen LogP contribution in [-0.4, -0.2) is 20.7 Å². The number of benzene rings is 3. The van der Waals surface area contributed by atoms with E-state index in [-0.39, 0.29) is 37.4 Å². The molecule has 1 N–H and O–H groups in total. The number of rotatable bonds is 8. The lowest BCUT2D eigenvalue weighted by molar-refractivity contribution is -0.394. The maximum absolute atomic E-state index is 12.6. The molecule has 3 rings (SSSR count). The topological polar surface area (TPSA) is 192 Å². The van der Waals surface area contributed by atoms with Crippen LogP contribution >= 0.6 is 31.9 Å². The molecular weight excluding hydrogens is 622 g/mol. The van der Waals surface area contributed by atoms with Crippen LogP contribution in [0.4, 0.5) is 22.7 Å². The molecule has 3 aromatic rings. The van der Waals surface area contributed by atoms with Gasteiger partial charge in [0.25, 0.3) is 17.3 Å². The average Bonchev–Trinajstić information content (AvgIpc) is 2.84. The van der Waals surface area contributed by atoms with Crippen molar-refractivity contribution in [2.24, 2.45) is 0 Å². The number of hydrogen-bond donors (Lipinski definition) is 1. The zero-order valence-corrected chi connectivity index (χ0v) is 21.3. The molecule has 0 saturated carbocycles. The van der Waals surface area contributed by atoms with Crippen LogP contribution in [0.5, 0.6) is 11.5 Å². The first-order valence-electron chi connectivity index (χ1n) is 9.77. The first-order chi connectivity index (χ1) is 17.5. The third-order valence-electron chi connectivity index (χ3n) is 4.57. The summed E-state index contributed by atoms with van der Waals surface area (Å²) in [5.41, 5.74) is -1.18. The maximum atomic E-state index is 12.6. The van der Waals surface area contributed by atoms with Gasteiger partial charge in [-0.1, -0.05) is 6.07 Å². The van der Waals surface area contributed by atoms with Crippen LogP contribution in [0.3, 0.4) is 0 Å². The number of non-ortho nitro benzene ring substituents is 2. The summed E-state index contributed by atoms with van der Waals surface area (Å²) < 4.78 is 6.18. The lowest BCUT2D eigenvalue weighted by Gasteiger charge is -2.11. The zero-order valence-electron chi connectivity index (χ0n) is 18.1. The number of anilines is 1. The summed E-state index contributed by atoms with van der Waals surface area (Å²) in [5, 5.41) is 45.1. The van der Waals surface area contributed by atoms with Gasteiger partial charge in [-0.05, 0) is 67.8 Å². The predicted octanol–water partition coefficient (Wildman–Crippen LogP) is 6.27. The minimum Gasteiger partial charge on any atom is -0.448 e. The zero-order chi connectivity index (χ0) is 27.3. The number of amides is 1. The van der Waals surface area contributed by atoms with Gasteiger partial charge >= 0.3 is 5.69 Å². The molecular formula is C22H11Br2N5O8. The minimum atomic E-state index is -0.819.